The maximum Gasteiger partial charge on any atom is 0.123 e. The van der Waals surface area contributed by atoms with Gasteiger partial charge in [0.1, 0.15) is 5.82 Å². The van der Waals surface area contributed by atoms with Crippen LogP contribution in [0.5, 0.6) is 0 Å². The van der Waals surface area contributed by atoms with E-state index in [-0.39, 0.29) is 11.4 Å². The van der Waals surface area contributed by atoms with Crippen LogP contribution in [0.4, 0.5) is 4.39 Å². The number of halogens is 1. The molecular formula is C12H18FN. The first-order valence-corrected chi connectivity index (χ1v) is 4.88. The van der Waals surface area contributed by atoms with Crippen molar-refractivity contribution in [3.63, 3.8) is 0 Å². The molecule has 0 heterocycles. The minimum absolute atomic E-state index is 0.0682. The first kappa shape index (κ1) is 11.2. The third-order valence-electron chi connectivity index (χ3n) is 2.12. The molecule has 0 aliphatic heterocycles. The fourth-order valence-corrected chi connectivity index (χ4v) is 1.19. The van der Waals surface area contributed by atoms with Gasteiger partial charge in [-0.15, -0.1) is 0 Å². The van der Waals surface area contributed by atoms with Crippen molar-refractivity contribution in [3.05, 3.63) is 35.1 Å². The molecule has 0 bridgehead atoms. The number of rotatable bonds is 2. The average molecular weight is 195 g/mol. The van der Waals surface area contributed by atoms with E-state index < -0.39 is 0 Å². The van der Waals surface area contributed by atoms with Crippen molar-refractivity contribution in [3.8, 4) is 0 Å². The van der Waals surface area contributed by atoms with Crippen LogP contribution < -0.4 is 5.32 Å². The van der Waals surface area contributed by atoms with Crippen molar-refractivity contribution in [2.24, 2.45) is 0 Å². The summed E-state index contributed by atoms with van der Waals surface area (Å²) in [6.07, 6.45) is 0. The fraction of sp³-hybridized carbons (Fsp3) is 0.500. The van der Waals surface area contributed by atoms with Crippen LogP contribution in [0.3, 0.4) is 0 Å². The molecule has 0 unspecified atom stereocenters. The van der Waals surface area contributed by atoms with Crippen LogP contribution in [-0.2, 0) is 6.54 Å². The standard InChI is InChI=1S/C12H18FN/c1-9-5-6-11(13)7-10(9)8-14-12(2,3)4/h5-7,14H,8H2,1-4H3. The molecular weight excluding hydrogens is 177 g/mol. The molecule has 0 saturated carbocycles. The number of aryl methyl sites for hydroxylation is 1. The Kier molecular flexibility index (Phi) is 3.27. The van der Waals surface area contributed by atoms with Crippen LogP contribution in [-0.4, -0.2) is 5.54 Å². The highest BCUT2D eigenvalue weighted by molar-refractivity contribution is 5.26. The molecule has 1 N–H and O–H groups in total. The van der Waals surface area contributed by atoms with Gasteiger partial charge in [-0.1, -0.05) is 6.07 Å². The first-order valence-electron chi connectivity index (χ1n) is 4.88. The molecule has 78 valence electrons. The second-order valence-electron chi connectivity index (χ2n) is 4.67. The summed E-state index contributed by atoms with van der Waals surface area (Å²) in [7, 11) is 0. The Labute approximate surface area is 85.3 Å². The minimum atomic E-state index is -0.165. The van der Waals surface area contributed by atoms with E-state index in [4.69, 9.17) is 0 Å². The zero-order valence-corrected chi connectivity index (χ0v) is 9.32. The summed E-state index contributed by atoms with van der Waals surface area (Å²) in [5, 5.41) is 3.34. The molecule has 1 aromatic rings. The summed E-state index contributed by atoms with van der Waals surface area (Å²) in [5.74, 6) is -0.165. The number of hydrogen-bond acceptors (Lipinski definition) is 1. The molecule has 0 saturated heterocycles. The van der Waals surface area contributed by atoms with Gasteiger partial charge in [0, 0.05) is 12.1 Å². The van der Waals surface area contributed by atoms with Crippen LogP contribution in [0.1, 0.15) is 31.9 Å². The molecule has 0 spiro atoms. The lowest BCUT2D eigenvalue weighted by atomic mass is 10.1. The van der Waals surface area contributed by atoms with E-state index in [2.05, 4.69) is 26.1 Å². The summed E-state index contributed by atoms with van der Waals surface area (Å²) in [6.45, 7) is 9.01. The van der Waals surface area contributed by atoms with E-state index in [1.54, 1.807) is 6.07 Å². The van der Waals surface area contributed by atoms with Crippen molar-refractivity contribution in [2.75, 3.05) is 0 Å². The molecule has 0 amide bonds. The third kappa shape index (κ3) is 3.46. The molecule has 14 heavy (non-hydrogen) atoms. The van der Waals surface area contributed by atoms with Gasteiger partial charge in [0.05, 0.1) is 0 Å². The number of nitrogens with one attached hydrogen (secondary N) is 1. The first-order chi connectivity index (χ1) is 6.38. The molecule has 0 radical (unpaired) electrons. The Bertz CT molecular complexity index is 313. The lowest BCUT2D eigenvalue weighted by molar-refractivity contribution is 0.423. The van der Waals surface area contributed by atoms with E-state index in [1.165, 1.54) is 6.07 Å². The molecule has 1 rings (SSSR count). The molecule has 0 aliphatic carbocycles. The van der Waals surface area contributed by atoms with Crippen LogP contribution >= 0.6 is 0 Å². The SMILES string of the molecule is Cc1ccc(F)cc1CNC(C)(C)C. The van der Waals surface area contributed by atoms with E-state index in [0.717, 1.165) is 11.1 Å². The normalized spacial score (nSPS) is 11.8. The fourth-order valence-electron chi connectivity index (χ4n) is 1.19. The van der Waals surface area contributed by atoms with Gasteiger partial charge in [0.25, 0.3) is 0 Å². The Balaban J connectivity index is 2.72. The van der Waals surface area contributed by atoms with Gasteiger partial charge in [0.2, 0.25) is 0 Å². The predicted octanol–water partition coefficient (Wildman–Crippen LogP) is 3.02. The summed E-state index contributed by atoms with van der Waals surface area (Å²) in [4.78, 5) is 0. The topological polar surface area (TPSA) is 12.0 Å². The highest BCUT2D eigenvalue weighted by Gasteiger charge is 2.09. The smallest absolute Gasteiger partial charge is 0.123 e. The zero-order chi connectivity index (χ0) is 10.8. The van der Waals surface area contributed by atoms with Crippen molar-refractivity contribution in [2.45, 2.75) is 39.8 Å². The molecule has 0 aliphatic rings. The summed E-state index contributed by atoms with van der Waals surface area (Å²) >= 11 is 0. The van der Waals surface area contributed by atoms with Crippen molar-refractivity contribution in [1.82, 2.24) is 5.32 Å². The van der Waals surface area contributed by atoms with Gasteiger partial charge < -0.3 is 5.32 Å². The molecule has 0 fully saturated rings. The van der Waals surface area contributed by atoms with Gasteiger partial charge in [-0.3, -0.25) is 0 Å². The van der Waals surface area contributed by atoms with Gasteiger partial charge in [0.15, 0.2) is 0 Å². The van der Waals surface area contributed by atoms with Crippen molar-refractivity contribution in [1.29, 1.82) is 0 Å². The predicted molar refractivity (Wildman–Crippen MR) is 57.7 cm³/mol. The Morgan fingerprint density at radius 2 is 1.93 bits per heavy atom. The number of benzene rings is 1. The van der Waals surface area contributed by atoms with E-state index >= 15 is 0 Å². The van der Waals surface area contributed by atoms with E-state index in [9.17, 15) is 4.39 Å². The zero-order valence-electron chi connectivity index (χ0n) is 9.32. The molecule has 2 heteroatoms. The van der Waals surface area contributed by atoms with Gasteiger partial charge in [-0.2, -0.15) is 0 Å². The Morgan fingerprint density at radius 3 is 2.50 bits per heavy atom. The van der Waals surface area contributed by atoms with Crippen molar-refractivity contribution >= 4 is 0 Å². The average Bonchev–Trinajstić information content (AvgIpc) is 2.05. The quantitative estimate of drug-likeness (QED) is 0.765. The summed E-state index contributed by atoms with van der Waals surface area (Å²) in [6, 6.07) is 4.90. The lowest BCUT2D eigenvalue weighted by Gasteiger charge is -2.21. The van der Waals surface area contributed by atoms with Crippen LogP contribution in [0.2, 0.25) is 0 Å². The Morgan fingerprint density at radius 1 is 1.29 bits per heavy atom. The molecule has 1 nitrogen and oxygen atoms in total. The minimum Gasteiger partial charge on any atom is -0.308 e. The van der Waals surface area contributed by atoms with Gasteiger partial charge >= 0.3 is 0 Å². The van der Waals surface area contributed by atoms with E-state index in [0.29, 0.717) is 6.54 Å². The maximum atomic E-state index is 12.9. The second kappa shape index (κ2) is 4.09. The van der Waals surface area contributed by atoms with Gasteiger partial charge in [-0.25, -0.2) is 4.39 Å². The summed E-state index contributed by atoms with van der Waals surface area (Å²) in [5.41, 5.74) is 2.22. The largest absolute Gasteiger partial charge is 0.308 e. The van der Waals surface area contributed by atoms with Crippen molar-refractivity contribution < 1.29 is 4.39 Å². The van der Waals surface area contributed by atoms with E-state index in [1.807, 2.05) is 13.0 Å². The number of hydrogen-bond donors (Lipinski definition) is 1. The second-order valence-corrected chi connectivity index (χ2v) is 4.67. The third-order valence-corrected chi connectivity index (χ3v) is 2.12. The Hall–Kier alpha value is -0.890. The highest BCUT2D eigenvalue weighted by Crippen LogP contribution is 2.11. The molecule has 0 aromatic heterocycles. The maximum absolute atomic E-state index is 12.9. The highest BCUT2D eigenvalue weighted by atomic mass is 19.1. The van der Waals surface area contributed by atoms with Crippen LogP contribution in [0.25, 0.3) is 0 Å². The summed E-state index contributed by atoms with van der Waals surface area (Å²) < 4.78 is 12.9. The lowest BCUT2D eigenvalue weighted by Crippen LogP contribution is -2.35. The van der Waals surface area contributed by atoms with Gasteiger partial charge in [-0.05, 0) is 51.0 Å². The van der Waals surface area contributed by atoms with Crippen LogP contribution in [0, 0.1) is 12.7 Å². The monoisotopic (exact) mass is 195 g/mol. The molecule has 1 aromatic carbocycles. The molecule has 0 atom stereocenters. The van der Waals surface area contributed by atoms with Crippen LogP contribution in [0.15, 0.2) is 18.2 Å².